The third-order valence-electron chi connectivity index (χ3n) is 4.91. The fraction of sp³-hybridized carbons (Fsp3) is 0.400. The first-order chi connectivity index (χ1) is 14.6. The highest BCUT2D eigenvalue weighted by molar-refractivity contribution is 5.99. The Morgan fingerprint density at radius 2 is 1.97 bits per heavy atom. The van der Waals surface area contributed by atoms with Gasteiger partial charge in [-0.25, -0.2) is 14.8 Å². The van der Waals surface area contributed by atoms with Crippen molar-refractivity contribution in [1.82, 2.24) is 14.9 Å². The van der Waals surface area contributed by atoms with Gasteiger partial charge in [-0.1, -0.05) is 13.8 Å². The molecule has 2 aromatic heterocycles. The quantitative estimate of drug-likeness (QED) is 0.749. The summed E-state index contributed by atoms with van der Waals surface area (Å²) in [6.07, 6.45) is -2.11. The number of pyridine rings is 2. The van der Waals surface area contributed by atoms with Crippen molar-refractivity contribution in [3.63, 3.8) is 0 Å². The van der Waals surface area contributed by atoms with E-state index in [9.17, 15) is 22.8 Å². The van der Waals surface area contributed by atoms with E-state index in [2.05, 4.69) is 15.3 Å². The Labute approximate surface area is 177 Å². The van der Waals surface area contributed by atoms with Crippen molar-refractivity contribution in [2.75, 3.05) is 30.4 Å². The number of anilines is 2. The van der Waals surface area contributed by atoms with Crippen LogP contribution < -0.4 is 15.0 Å². The van der Waals surface area contributed by atoms with E-state index in [1.165, 1.54) is 29.2 Å². The summed E-state index contributed by atoms with van der Waals surface area (Å²) in [4.78, 5) is 35.7. The fourth-order valence-electron chi connectivity index (χ4n) is 3.28. The Morgan fingerprint density at radius 1 is 1.23 bits per heavy atom. The molecule has 0 aromatic carbocycles. The van der Waals surface area contributed by atoms with Crippen LogP contribution >= 0.6 is 0 Å². The van der Waals surface area contributed by atoms with Crippen molar-refractivity contribution in [2.24, 2.45) is 5.92 Å². The van der Waals surface area contributed by atoms with Gasteiger partial charge in [0.1, 0.15) is 12.2 Å². The monoisotopic (exact) mass is 437 g/mol. The van der Waals surface area contributed by atoms with Crippen molar-refractivity contribution in [3.8, 4) is 5.88 Å². The molecule has 0 bridgehead atoms. The number of aromatic nitrogens is 2. The molecule has 1 fully saturated rings. The number of ether oxygens (including phenoxy) is 1. The number of urea groups is 1. The van der Waals surface area contributed by atoms with Gasteiger partial charge < -0.3 is 15.0 Å². The molecule has 0 aliphatic carbocycles. The van der Waals surface area contributed by atoms with Gasteiger partial charge in [0.15, 0.2) is 0 Å². The van der Waals surface area contributed by atoms with Crippen molar-refractivity contribution in [2.45, 2.75) is 26.1 Å². The summed E-state index contributed by atoms with van der Waals surface area (Å²) in [6.45, 7) is 3.84. The smallest absolute Gasteiger partial charge is 0.433 e. The Kier molecular flexibility index (Phi) is 6.32. The predicted octanol–water partition coefficient (Wildman–Crippen LogP) is 3.41. The lowest BCUT2D eigenvalue weighted by Crippen LogP contribution is -2.42. The van der Waals surface area contributed by atoms with Gasteiger partial charge in [-0.15, -0.1) is 0 Å². The number of carbonyl (C=O) groups is 2. The summed E-state index contributed by atoms with van der Waals surface area (Å²) < 4.78 is 43.2. The fourth-order valence-corrected chi connectivity index (χ4v) is 3.28. The van der Waals surface area contributed by atoms with Gasteiger partial charge >= 0.3 is 12.2 Å². The second kappa shape index (κ2) is 8.78. The van der Waals surface area contributed by atoms with Crippen LogP contribution in [0.5, 0.6) is 5.88 Å². The van der Waals surface area contributed by atoms with E-state index in [1.807, 2.05) is 13.8 Å². The molecule has 1 N–H and O–H groups in total. The number of rotatable bonds is 6. The Morgan fingerprint density at radius 3 is 2.48 bits per heavy atom. The molecule has 31 heavy (non-hydrogen) atoms. The molecule has 2 aromatic rings. The minimum absolute atomic E-state index is 0.0202. The highest BCUT2D eigenvalue weighted by Crippen LogP contribution is 2.31. The normalized spacial score (nSPS) is 16.7. The molecule has 8 nitrogen and oxygen atoms in total. The average Bonchev–Trinajstić information content (AvgIpc) is 3.04. The molecule has 1 aliphatic heterocycles. The second-order valence-electron chi connectivity index (χ2n) is 7.37. The Hall–Kier alpha value is -3.37. The third kappa shape index (κ3) is 5.04. The van der Waals surface area contributed by atoms with Crippen LogP contribution in [-0.4, -0.2) is 53.0 Å². The lowest BCUT2D eigenvalue weighted by Gasteiger charge is -2.25. The summed E-state index contributed by atoms with van der Waals surface area (Å²) >= 11 is 0. The zero-order valence-electron chi connectivity index (χ0n) is 17.2. The molecule has 0 saturated carbocycles. The molecule has 0 radical (unpaired) electrons. The van der Waals surface area contributed by atoms with Crippen molar-refractivity contribution < 1.29 is 27.5 Å². The topological polar surface area (TPSA) is 87.7 Å². The van der Waals surface area contributed by atoms with Crippen LogP contribution in [0.3, 0.4) is 0 Å². The molecule has 166 valence electrons. The standard InChI is InChI=1S/C20H22F3N5O3/c1-12(2)15-10-27(14-5-6-16(24-9-14)20(21,22)23)19(30)28(15)11-17(29)26-13-4-7-18(31-3)25-8-13/h4-9,12,15H,10-11H2,1-3H3,(H,26,29)/t15-/m1/s1. The van der Waals surface area contributed by atoms with E-state index in [4.69, 9.17) is 4.74 Å². The maximum Gasteiger partial charge on any atom is 0.433 e. The van der Waals surface area contributed by atoms with Crippen molar-refractivity contribution in [1.29, 1.82) is 0 Å². The third-order valence-corrected chi connectivity index (χ3v) is 4.91. The zero-order valence-corrected chi connectivity index (χ0v) is 17.2. The van der Waals surface area contributed by atoms with Crippen LogP contribution in [-0.2, 0) is 11.0 Å². The molecule has 3 rings (SSSR count). The lowest BCUT2D eigenvalue weighted by atomic mass is 10.0. The summed E-state index contributed by atoms with van der Waals surface area (Å²) in [5.74, 6) is -0.00134. The lowest BCUT2D eigenvalue weighted by molar-refractivity contribution is -0.141. The van der Waals surface area contributed by atoms with E-state index >= 15 is 0 Å². The van der Waals surface area contributed by atoms with Gasteiger partial charge in [0.05, 0.1) is 36.9 Å². The van der Waals surface area contributed by atoms with E-state index in [0.29, 0.717) is 11.6 Å². The first-order valence-electron chi connectivity index (χ1n) is 9.51. The Bertz CT molecular complexity index is 933. The van der Waals surface area contributed by atoms with Gasteiger partial charge in [0.25, 0.3) is 0 Å². The Balaban J connectivity index is 1.73. The molecule has 11 heteroatoms. The first-order valence-corrected chi connectivity index (χ1v) is 9.51. The number of hydrogen-bond donors (Lipinski definition) is 1. The number of halogens is 3. The summed E-state index contributed by atoms with van der Waals surface area (Å²) in [7, 11) is 1.48. The maximum atomic E-state index is 13.0. The van der Waals surface area contributed by atoms with Crippen LogP contribution in [0.4, 0.5) is 29.3 Å². The highest BCUT2D eigenvalue weighted by Gasteiger charge is 2.41. The number of nitrogens with one attached hydrogen (secondary N) is 1. The van der Waals surface area contributed by atoms with E-state index in [1.54, 1.807) is 12.1 Å². The molecule has 3 heterocycles. The van der Waals surface area contributed by atoms with Gasteiger partial charge in [0.2, 0.25) is 11.8 Å². The number of amides is 3. The minimum atomic E-state index is -4.56. The molecule has 3 amide bonds. The van der Waals surface area contributed by atoms with Gasteiger partial charge in [-0.05, 0) is 24.1 Å². The second-order valence-corrected chi connectivity index (χ2v) is 7.37. The molecular formula is C20H22F3N5O3. The van der Waals surface area contributed by atoms with Crippen LogP contribution in [0.2, 0.25) is 0 Å². The van der Waals surface area contributed by atoms with Crippen molar-refractivity contribution >= 4 is 23.3 Å². The average molecular weight is 437 g/mol. The van der Waals surface area contributed by atoms with Gasteiger partial charge in [-0.3, -0.25) is 9.69 Å². The molecule has 1 atom stereocenters. The van der Waals surface area contributed by atoms with E-state index < -0.39 is 23.8 Å². The van der Waals surface area contributed by atoms with Gasteiger partial charge in [0, 0.05) is 12.6 Å². The summed E-state index contributed by atoms with van der Waals surface area (Å²) in [5.41, 5.74) is -0.346. The van der Waals surface area contributed by atoms with Crippen LogP contribution in [0.25, 0.3) is 0 Å². The summed E-state index contributed by atoms with van der Waals surface area (Å²) in [6, 6.07) is 4.48. The number of nitrogens with zero attached hydrogens (tertiary/aromatic N) is 4. The maximum absolute atomic E-state index is 13.0. The number of alkyl halides is 3. The number of carbonyl (C=O) groups excluding carboxylic acids is 2. The predicted molar refractivity (Wildman–Crippen MR) is 107 cm³/mol. The number of hydrogen-bond acceptors (Lipinski definition) is 5. The van der Waals surface area contributed by atoms with Crippen LogP contribution in [0.15, 0.2) is 36.7 Å². The highest BCUT2D eigenvalue weighted by atomic mass is 19.4. The van der Waals surface area contributed by atoms with Crippen LogP contribution in [0, 0.1) is 5.92 Å². The van der Waals surface area contributed by atoms with Crippen molar-refractivity contribution in [3.05, 3.63) is 42.4 Å². The van der Waals surface area contributed by atoms with E-state index in [0.717, 1.165) is 12.3 Å². The molecule has 0 spiro atoms. The molecule has 1 saturated heterocycles. The number of methoxy groups -OCH3 is 1. The molecule has 0 unspecified atom stereocenters. The largest absolute Gasteiger partial charge is 0.481 e. The summed E-state index contributed by atoms with van der Waals surface area (Å²) in [5, 5.41) is 2.67. The van der Waals surface area contributed by atoms with Gasteiger partial charge in [-0.2, -0.15) is 13.2 Å². The molecule has 1 aliphatic rings. The zero-order chi connectivity index (χ0) is 22.8. The molecular weight excluding hydrogens is 415 g/mol. The minimum Gasteiger partial charge on any atom is -0.481 e. The van der Waals surface area contributed by atoms with Crippen LogP contribution in [0.1, 0.15) is 19.5 Å². The van der Waals surface area contributed by atoms with E-state index in [-0.39, 0.29) is 30.7 Å². The SMILES string of the molecule is COc1ccc(NC(=O)CN2C(=O)N(c3ccc(C(F)(F)F)nc3)C[C@@H]2C(C)C)cn1. The first kappa shape index (κ1) is 22.3.